The Morgan fingerprint density at radius 2 is 2.11 bits per heavy atom. The van der Waals surface area contributed by atoms with Gasteiger partial charge in [0.05, 0.1) is 7.11 Å². The van der Waals surface area contributed by atoms with Gasteiger partial charge < -0.3 is 9.47 Å². The van der Waals surface area contributed by atoms with Crippen LogP contribution >= 0.6 is 15.9 Å². The molecule has 1 aromatic rings. The van der Waals surface area contributed by atoms with Gasteiger partial charge >= 0.3 is 5.97 Å². The van der Waals surface area contributed by atoms with Gasteiger partial charge in [-0.25, -0.2) is 9.79 Å². The second kappa shape index (κ2) is 4.09. The lowest BCUT2D eigenvalue weighted by Gasteiger charge is -2.13. The number of esters is 1. The van der Waals surface area contributed by atoms with Crippen molar-refractivity contribution < 1.29 is 14.3 Å². The Morgan fingerprint density at radius 3 is 2.67 bits per heavy atom. The average molecular weight is 310 g/mol. The van der Waals surface area contributed by atoms with Crippen molar-refractivity contribution in [3.63, 3.8) is 0 Å². The highest BCUT2D eigenvalue weighted by Gasteiger charge is 2.59. The molecule has 1 aromatic carbocycles. The monoisotopic (exact) mass is 309 g/mol. The molecule has 2 aliphatic rings. The van der Waals surface area contributed by atoms with Crippen LogP contribution in [-0.2, 0) is 14.3 Å². The summed E-state index contributed by atoms with van der Waals surface area (Å²) in [6.07, 6.45) is 1.18. The lowest BCUT2D eigenvalue weighted by molar-refractivity contribution is -0.149. The minimum absolute atomic E-state index is 0.344. The van der Waals surface area contributed by atoms with Gasteiger partial charge in [-0.1, -0.05) is 15.9 Å². The molecule has 0 saturated heterocycles. The summed E-state index contributed by atoms with van der Waals surface area (Å²) in [5, 5.41) is 0. The summed E-state index contributed by atoms with van der Waals surface area (Å²) in [7, 11) is 1.37. The molecule has 0 bridgehead atoms. The predicted molar refractivity (Wildman–Crippen MR) is 69.5 cm³/mol. The van der Waals surface area contributed by atoms with E-state index >= 15 is 0 Å². The van der Waals surface area contributed by atoms with Gasteiger partial charge in [0.1, 0.15) is 5.54 Å². The standard InChI is InChI=1S/C13H12BrNO3/c1-17-12(16)10-13(6-7-13)15-11(18-10)8-2-4-9(14)5-3-8/h2-5,10H,6-7H2,1H3. The first-order valence-corrected chi connectivity index (χ1v) is 6.54. The molecule has 0 amide bonds. The third-order valence-electron chi connectivity index (χ3n) is 3.31. The van der Waals surface area contributed by atoms with E-state index in [-0.39, 0.29) is 11.5 Å². The van der Waals surface area contributed by atoms with E-state index in [1.165, 1.54) is 7.11 Å². The maximum Gasteiger partial charge on any atom is 0.349 e. The number of carbonyl (C=O) groups is 1. The van der Waals surface area contributed by atoms with Gasteiger partial charge in [-0.2, -0.15) is 0 Å². The van der Waals surface area contributed by atoms with Crippen LogP contribution in [0.25, 0.3) is 0 Å². The molecule has 1 atom stereocenters. The number of aliphatic imine (C=N–C) groups is 1. The predicted octanol–water partition coefficient (Wildman–Crippen LogP) is 2.30. The third kappa shape index (κ3) is 1.82. The summed E-state index contributed by atoms with van der Waals surface area (Å²) in [6.45, 7) is 0. The number of ether oxygens (including phenoxy) is 2. The summed E-state index contributed by atoms with van der Waals surface area (Å²) < 4.78 is 11.4. The molecule has 1 heterocycles. The van der Waals surface area contributed by atoms with Gasteiger partial charge in [0.15, 0.2) is 0 Å². The first kappa shape index (κ1) is 11.7. The number of hydrogen-bond donors (Lipinski definition) is 0. The first-order valence-electron chi connectivity index (χ1n) is 5.75. The van der Waals surface area contributed by atoms with Crippen molar-refractivity contribution in [3.8, 4) is 0 Å². The van der Waals surface area contributed by atoms with E-state index in [1.807, 2.05) is 24.3 Å². The Bertz CT molecular complexity index is 520. The number of halogens is 1. The Kier molecular flexibility index (Phi) is 2.66. The zero-order chi connectivity index (χ0) is 12.8. The van der Waals surface area contributed by atoms with E-state index < -0.39 is 6.10 Å². The Balaban J connectivity index is 1.88. The molecule has 0 N–H and O–H groups in total. The normalized spacial score (nSPS) is 23.4. The summed E-state index contributed by atoms with van der Waals surface area (Å²) >= 11 is 3.38. The van der Waals surface area contributed by atoms with E-state index in [0.29, 0.717) is 5.90 Å². The smallest absolute Gasteiger partial charge is 0.349 e. The van der Waals surface area contributed by atoms with E-state index in [9.17, 15) is 4.79 Å². The van der Waals surface area contributed by atoms with Crippen LogP contribution in [-0.4, -0.2) is 30.6 Å². The molecule has 1 fully saturated rings. The van der Waals surface area contributed by atoms with Crippen LogP contribution in [0.15, 0.2) is 33.7 Å². The number of methoxy groups -OCH3 is 1. The molecule has 4 nitrogen and oxygen atoms in total. The van der Waals surface area contributed by atoms with Crippen LogP contribution in [0.5, 0.6) is 0 Å². The Hall–Kier alpha value is -1.36. The molecule has 18 heavy (non-hydrogen) atoms. The van der Waals surface area contributed by atoms with Crippen molar-refractivity contribution in [1.29, 1.82) is 0 Å². The molecule has 1 saturated carbocycles. The summed E-state index contributed by atoms with van der Waals surface area (Å²) in [5.74, 6) is 0.193. The molecule has 3 rings (SSSR count). The van der Waals surface area contributed by atoms with Crippen molar-refractivity contribution in [2.24, 2.45) is 4.99 Å². The van der Waals surface area contributed by atoms with Gasteiger partial charge in [0, 0.05) is 10.0 Å². The highest BCUT2D eigenvalue weighted by molar-refractivity contribution is 9.10. The molecule has 1 aliphatic carbocycles. The van der Waals surface area contributed by atoms with Crippen LogP contribution in [0.4, 0.5) is 0 Å². The Labute approximate surface area is 113 Å². The van der Waals surface area contributed by atoms with Gasteiger partial charge in [0.2, 0.25) is 12.0 Å². The van der Waals surface area contributed by atoms with Crippen LogP contribution in [0.2, 0.25) is 0 Å². The van der Waals surface area contributed by atoms with Crippen molar-refractivity contribution in [2.75, 3.05) is 7.11 Å². The van der Waals surface area contributed by atoms with Crippen LogP contribution < -0.4 is 0 Å². The zero-order valence-corrected chi connectivity index (χ0v) is 11.4. The fraction of sp³-hybridized carbons (Fsp3) is 0.385. The largest absolute Gasteiger partial charge is 0.466 e. The lowest BCUT2D eigenvalue weighted by atomic mass is 10.1. The molecule has 0 aromatic heterocycles. The topological polar surface area (TPSA) is 47.9 Å². The molecule has 0 radical (unpaired) electrons. The van der Waals surface area contributed by atoms with Crippen molar-refractivity contribution >= 4 is 27.8 Å². The van der Waals surface area contributed by atoms with Crippen LogP contribution in [0.1, 0.15) is 18.4 Å². The highest BCUT2D eigenvalue weighted by atomic mass is 79.9. The zero-order valence-electron chi connectivity index (χ0n) is 9.85. The van der Waals surface area contributed by atoms with Crippen LogP contribution in [0.3, 0.4) is 0 Å². The third-order valence-corrected chi connectivity index (χ3v) is 3.84. The molecule has 1 unspecified atom stereocenters. The second-order valence-electron chi connectivity index (χ2n) is 4.55. The van der Waals surface area contributed by atoms with E-state index in [1.54, 1.807) is 0 Å². The summed E-state index contributed by atoms with van der Waals surface area (Å²) in [4.78, 5) is 16.2. The van der Waals surface area contributed by atoms with Crippen LogP contribution in [0, 0.1) is 0 Å². The van der Waals surface area contributed by atoms with Crippen molar-refractivity contribution in [3.05, 3.63) is 34.3 Å². The van der Waals surface area contributed by atoms with Gasteiger partial charge in [0.25, 0.3) is 0 Å². The number of benzene rings is 1. The number of nitrogens with zero attached hydrogens (tertiary/aromatic N) is 1. The van der Waals surface area contributed by atoms with Gasteiger partial charge in [-0.15, -0.1) is 0 Å². The quantitative estimate of drug-likeness (QED) is 0.788. The first-order chi connectivity index (χ1) is 8.64. The molecular weight excluding hydrogens is 298 g/mol. The lowest BCUT2D eigenvalue weighted by Crippen LogP contribution is -2.34. The number of rotatable bonds is 2. The maximum absolute atomic E-state index is 11.7. The molecule has 1 spiro atoms. The minimum Gasteiger partial charge on any atom is -0.466 e. The number of hydrogen-bond acceptors (Lipinski definition) is 4. The number of carbonyl (C=O) groups excluding carboxylic acids is 1. The minimum atomic E-state index is -0.582. The van der Waals surface area contributed by atoms with E-state index in [2.05, 4.69) is 20.9 Å². The highest BCUT2D eigenvalue weighted by Crippen LogP contribution is 2.48. The van der Waals surface area contributed by atoms with E-state index in [4.69, 9.17) is 9.47 Å². The summed E-state index contributed by atoms with van der Waals surface area (Å²) in [5.41, 5.74) is 0.519. The van der Waals surface area contributed by atoms with E-state index in [0.717, 1.165) is 22.9 Å². The van der Waals surface area contributed by atoms with Gasteiger partial charge in [-0.05, 0) is 37.1 Å². The maximum atomic E-state index is 11.7. The Morgan fingerprint density at radius 1 is 1.44 bits per heavy atom. The molecular formula is C13H12BrNO3. The molecule has 1 aliphatic heterocycles. The van der Waals surface area contributed by atoms with Gasteiger partial charge in [-0.3, -0.25) is 0 Å². The fourth-order valence-electron chi connectivity index (χ4n) is 2.11. The average Bonchev–Trinajstić information content (AvgIpc) is 3.03. The molecule has 94 valence electrons. The molecule has 5 heteroatoms. The van der Waals surface area contributed by atoms with Crippen molar-refractivity contribution in [2.45, 2.75) is 24.5 Å². The second-order valence-corrected chi connectivity index (χ2v) is 5.46. The van der Waals surface area contributed by atoms with Crippen molar-refractivity contribution in [1.82, 2.24) is 0 Å². The SMILES string of the molecule is COC(=O)C1OC(c2ccc(Br)cc2)=NC12CC2. The summed E-state index contributed by atoms with van der Waals surface area (Å²) in [6, 6.07) is 7.68. The fourth-order valence-corrected chi connectivity index (χ4v) is 2.37.